The Kier molecular flexibility index (Phi) is 2.79. The van der Waals surface area contributed by atoms with E-state index in [2.05, 4.69) is 30.6 Å². The Bertz CT molecular complexity index is 503. The number of halogens is 4. The quantitative estimate of drug-likeness (QED) is 0.920. The molecule has 0 atom stereocenters. The second-order valence-electron chi connectivity index (χ2n) is 2.68. The van der Waals surface area contributed by atoms with Crippen molar-refractivity contribution >= 4 is 38.6 Å². The molecule has 0 bridgehead atoms. The molecule has 0 aliphatic heterocycles. The molecular formula is C8H4BrClF2N2O. The molecule has 0 saturated heterocycles. The molecule has 3 nitrogen and oxygen atoms in total. The van der Waals surface area contributed by atoms with E-state index >= 15 is 0 Å². The molecule has 0 aliphatic carbocycles. The third-order valence-corrected chi connectivity index (χ3v) is 2.49. The van der Waals surface area contributed by atoms with E-state index < -0.39 is 6.61 Å². The number of nitrogens with one attached hydrogen (secondary N) is 1. The van der Waals surface area contributed by atoms with Crippen LogP contribution in [0.4, 0.5) is 8.78 Å². The highest BCUT2D eigenvalue weighted by Gasteiger charge is 2.13. The lowest BCUT2D eigenvalue weighted by molar-refractivity contribution is -0.0497. The van der Waals surface area contributed by atoms with E-state index in [1.165, 1.54) is 6.07 Å². The minimum Gasteiger partial charge on any atom is -0.433 e. The van der Waals surface area contributed by atoms with E-state index in [0.717, 1.165) is 0 Å². The lowest BCUT2D eigenvalue weighted by Gasteiger charge is -2.05. The first-order valence-corrected chi connectivity index (χ1v) is 5.03. The number of alkyl halides is 2. The van der Waals surface area contributed by atoms with Crippen LogP contribution in [0.15, 0.2) is 16.9 Å². The van der Waals surface area contributed by atoms with Crippen LogP contribution in [0.25, 0.3) is 11.0 Å². The van der Waals surface area contributed by atoms with Crippen LogP contribution in [0.5, 0.6) is 5.75 Å². The third kappa shape index (κ3) is 2.05. The van der Waals surface area contributed by atoms with Gasteiger partial charge in [-0.1, -0.05) is 11.6 Å². The number of imidazole rings is 1. The summed E-state index contributed by atoms with van der Waals surface area (Å²) in [6, 6.07) is 2.93. The van der Waals surface area contributed by atoms with Crippen LogP contribution in [0, 0.1) is 0 Å². The molecule has 1 aromatic carbocycles. The number of nitrogens with zero attached hydrogens (tertiary/aromatic N) is 1. The zero-order valence-electron chi connectivity index (χ0n) is 7.10. The van der Waals surface area contributed by atoms with Gasteiger partial charge in [0.15, 0.2) is 4.73 Å². The normalized spacial score (nSPS) is 11.3. The highest BCUT2D eigenvalue weighted by atomic mass is 79.9. The molecule has 0 saturated carbocycles. The SMILES string of the molecule is FC(F)Oc1ccc2[nH]c(Br)nc2c1Cl. The number of benzene rings is 1. The second-order valence-corrected chi connectivity index (χ2v) is 3.81. The van der Waals surface area contributed by atoms with Gasteiger partial charge in [0.1, 0.15) is 16.3 Å². The van der Waals surface area contributed by atoms with E-state index in [4.69, 9.17) is 11.6 Å². The van der Waals surface area contributed by atoms with Gasteiger partial charge in [-0.25, -0.2) is 4.98 Å². The van der Waals surface area contributed by atoms with Crippen molar-refractivity contribution in [3.05, 3.63) is 21.9 Å². The standard InChI is InChI=1S/C8H4BrClF2N2O/c9-7-13-3-1-2-4(15-8(11)12)5(10)6(3)14-7/h1-2,8H,(H,13,14). The largest absolute Gasteiger partial charge is 0.433 e. The van der Waals surface area contributed by atoms with E-state index in [-0.39, 0.29) is 10.8 Å². The van der Waals surface area contributed by atoms with Crippen LogP contribution in [-0.2, 0) is 0 Å². The molecule has 0 fully saturated rings. The van der Waals surface area contributed by atoms with Gasteiger partial charge in [-0.15, -0.1) is 0 Å². The van der Waals surface area contributed by atoms with Crippen LogP contribution in [-0.4, -0.2) is 16.6 Å². The van der Waals surface area contributed by atoms with Crippen molar-refractivity contribution < 1.29 is 13.5 Å². The first-order chi connectivity index (χ1) is 7.08. The zero-order chi connectivity index (χ0) is 11.0. The minimum absolute atomic E-state index is 0.0646. The molecule has 0 unspecified atom stereocenters. The van der Waals surface area contributed by atoms with Gasteiger partial charge in [0.05, 0.1) is 5.52 Å². The summed E-state index contributed by atoms with van der Waals surface area (Å²) in [4.78, 5) is 6.84. The average molecular weight is 297 g/mol. The number of aromatic nitrogens is 2. The topological polar surface area (TPSA) is 37.9 Å². The minimum atomic E-state index is -2.90. The number of ether oxygens (including phenoxy) is 1. The van der Waals surface area contributed by atoms with Crippen LogP contribution >= 0.6 is 27.5 Å². The Morgan fingerprint density at radius 1 is 1.47 bits per heavy atom. The molecule has 7 heteroatoms. The van der Waals surface area contributed by atoms with Crippen molar-refractivity contribution in [3.8, 4) is 5.75 Å². The summed E-state index contributed by atoms with van der Waals surface area (Å²) in [6.07, 6.45) is 0. The van der Waals surface area contributed by atoms with Gasteiger partial charge in [-0.3, -0.25) is 0 Å². The summed E-state index contributed by atoms with van der Waals surface area (Å²) in [7, 11) is 0. The molecule has 0 radical (unpaired) electrons. The predicted molar refractivity (Wildman–Crippen MR) is 55.4 cm³/mol. The summed E-state index contributed by atoms with van der Waals surface area (Å²) in [5.41, 5.74) is 1.04. The molecule has 2 aromatic rings. The maximum absolute atomic E-state index is 12.0. The van der Waals surface area contributed by atoms with Gasteiger partial charge >= 0.3 is 6.61 Å². The third-order valence-electron chi connectivity index (χ3n) is 1.74. The lowest BCUT2D eigenvalue weighted by Crippen LogP contribution is -2.02. The second kappa shape index (κ2) is 3.94. The molecule has 80 valence electrons. The molecule has 0 aliphatic rings. The monoisotopic (exact) mass is 296 g/mol. The molecule has 1 heterocycles. The fourth-order valence-corrected chi connectivity index (χ4v) is 1.82. The van der Waals surface area contributed by atoms with Crippen LogP contribution in [0.3, 0.4) is 0 Å². The number of aromatic amines is 1. The van der Waals surface area contributed by atoms with Gasteiger partial charge in [0.2, 0.25) is 0 Å². The molecular weight excluding hydrogens is 293 g/mol. The van der Waals surface area contributed by atoms with Crippen molar-refractivity contribution in [1.29, 1.82) is 0 Å². The van der Waals surface area contributed by atoms with E-state index in [9.17, 15) is 8.78 Å². The summed E-state index contributed by atoms with van der Waals surface area (Å²) < 4.78 is 28.7. The van der Waals surface area contributed by atoms with Gasteiger partial charge in [0, 0.05) is 0 Å². The molecule has 1 aromatic heterocycles. The number of hydrogen-bond acceptors (Lipinski definition) is 2. The number of H-pyrrole nitrogens is 1. The molecule has 1 N–H and O–H groups in total. The average Bonchev–Trinajstić information content (AvgIpc) is 2.51. The molecule has 2 rings (SSSR count). The molecule has 15 heavy (non-hydrogen) atoms. The van der Waals surface area contributed by atoms with Crippen molar-refractivity contribution in [1.82, 2.24) is 9.97 Å². The van der Waals surface area contributed by atoms with Crippen molar-refractivity contribution in [2.24, 2.45) is 0 Å². The Morgan fingerprint density at radius 2 is 2.20 bits per heavy atom. The fraction of sp³-hybridized carbons (Fsp3) is 0.125. The molecule has 0 spiro atoms. The van der Waals surface area contributed by atoms with Gasteiger partial charge < -0.3 is 9.72 Å². The van der Waals surface area contributed by atoms with Crippen molar-refractivity contribution in [2.75, 3.05) is 0 Å². The van der Waals surface area contributed by atoms with E-state index in [1.807, 2.05) is 0 Å². The van der Waals surface area contributed by atoms with E-state index in [0.29, 0.717) is 15.8 Å². The Labute approximate surface area is 96.5 Å². The van der Waals surface area contributed by atoms with Gasteiger partial charge in [-0.05, 0) is 28.1 Å². The summed E-state index contributed by atoms with van der Waals surface area (Å²) in [5, 5.41) is 0.0646. The van der Waals surface area contributed by atoms with Gasteiger partial charge in [0.25, 0.3) is 0 Å². The summed E-state index contributed by atoms with van der Waals surface area (Å²) in [5.74, 6) is -0.0850. The Morgan fingerprint density at radius 3 is 2.87 bits per heavy atom. The number of rotatable bonds is 2. The predicted octanol–water partition coefficient (Wildman–Crippen LogP) is 3.58. The molecule has 0 amide bonds. The Hall–Kier alpha value is -0.880. The number of hydrogen-bond donors (Lipinski definition) is 1. The summed E-state index contributed by atoms with van der Waals surface area (Å²) in [6.45, 7) is -2.90. The Balaban J connectivity index is 2.54. The summed E-state index contributed by atoms with van der Waals surface area (Å²) >= 11 is 8.96. The lowest BCUT2D eigenvalue weighted by atomic mass is 10.3. The highest BCUT2D eigenvalue weighted by molar-refractivity contribution is 9.10. The van der Waals surface area contributed by atoms with Crippen molar-refractivity contribution in [3.63, 3.8) is 0 Å². The highest BCUT2D eigenvalue weighted by Crippen LogP contribution is 2.33. The fourth-order valence-electron chi connectivity index (χ4n) is 1.18. The zero-order valence-corrected chi connectivity index (χ0v) is 9.44. The smallest absolute Gasteiger partial charge is 0.387 e. The maximum Gasteiger partial charge on any atom is 0.387 e. The van der Waals surface area contributed by atoms with Crippen LogP contribution in [0.2, 0.25) is 5.02 Å². The first kappa shape index (κ1) is 10.6. The maximum atomic E-state index is 12.0. The first-order valence-electron chi connectivity index (χ1n) is 3.86. The van der Waals surface area contributed by atoms with Crippen LogP contribution < -0.4 is 4.74 Å². The van der Waals surface area contributed by atoms with Crippen molar-refractivity contribution in [2.45, 2.75) is 6.61 Å². The number of fused-ring (bicyclic) bond motifs is 1. The van der Waals surface area contributed by atoms with E-state index in [1.54, 1.807) is 6.07 Å². The van der Waals surface area contributed by atoms with Gasteiger partial charge in [-0.2, -0.15) is 8.78 Å². The van der Waals surface area contributed by atoms with Crippen LogP contribution in [0.1, 0.15) is 0 Å².